The summed E-state index contributed by atoms with van der Waals surface area (Å²) < 4.78 is 30.3. The van der Waals surface area contributed by atoms with Crippen LogP contribution in [0.5, 0.6) is 0 Å². The van der Waals surface area contributed by atoms with Crippen molar-refractivity contribution in [3.63, 3.8) is 0 Å². The Hall–Kier alpha value is -0.150. The van der Waals surface area contributed by atoms with Crippen LogP contribution in [0.3, 0.4) is 0 Å². The van der Waals surface area contributed by atoms with Crippen molar-refractivity contribution in [2.75, 3.05) is 0 Å². The molecule has 8 heteroatoms. The maximum Gasteiger partial charge on any atom is 0.137 e. The van der Waals surface area contributed by atoms with Gasteiger partial charge in [0.1, 0.15) is 16.6 Å². The second-order valence-electron chi connectivity index (χ2n) is 6.57. The van der Waals surface area contributed by atoms with Gasteiger partial charge < -0.3 is 9.66 Å². The van der Waals surface area contributed by atoms with Crippen LogP contribution < -0.4 is 4.72 Å². The van der Waals surface area contributed by atoms with Crippen LogP contribution >= 0.6 is 38.9 Å². The van der Waals surface area contributed by atoms with Crippen molar-refractivity contribution in [3.05, 3.63) is 54.4 Å². The molecule has 2 aromatic rings. The molecule has 0 fully saturated rings. The summed E-state index contributed by atoms with van der Waals surface area (Å²) in [4.78, 5) is 0.669. The maximum absolute atomic E-state index is 14.1. The van der Waals surface area contributed by atoms with Crippen molar-refractivity contribution in [2.45, 2.75) is 45.1 Å². The van der Waals surface area contributed by atoms with E-state index in [-0.39, 0.29) is 6.61 Å². The first kappa shape index (κ1) is 21.2. The zero-order chi connectivity index (χ0) is 18.9. The highest BCUT2D eigenvalue weighted by Crippen LogP contribution is 2.41. The Morgan fingerprint density at radius 3 is 2.64 bits per heavy atom. The number of hydrogen-bond acceptors (Lipinski definition) is 4. The lowest BCUT2D eigenvalue weighted by Gasteiger charge is -2.29. The molecule has 0 amide bonds. The van der Waals surface area contributed by atoms with Crippen molar-refractivity contribution < 1.29 is 14.0 Å². The first-order chi connectivity index (χ1) is 11.6. The summed E-state index contributed by atoms with van der Waals surface area (Å²) in [5, 5.41) is 9.73. The zero-order valence-corrected chi connectivity index (χ0v) is 18.3. The van der Waals surface area contributed by atoms with Crippen molar-refractivity contribution in [2.24, 2.45) is 0 Å². The van der Waals surface area contributed by atoms with Crippen LogP contribution in [0.4, 0.5) is 4.39 Å². The Morgan fingerprint density at radius 2 is 2.08 bits per heavy atom. The Kier molecular flexibility index (Phi) is 6.98. The molecule has 0 radical (unpaired) electrons. The second-order valence-corrected chi connectivity index (χ2v) is 11.1. The van der Waals surface area contributed by atoms with Crippen LogP contribution in [-0.2, 0) is 18.0 Å². The van der Waals surface area contributed by atoms with E-state index in [9.17, 15) is 14.0 Å². The molecular weight excluding hydrogens is 449 g/mol. The molecule has 1 aromatic heterocycles. The lowest BCUT2D eigenvalue weighted by Crippen LogP contribution is -2.42. The van der Waals surface area contributed by atoms with Crippen LogP contribution in [0.15, 0.2) is 22.7 Å². The van der Waals surface area contributed by atoms with Gasteiger partial charge in [-0.05, 0) is 66.4 Å². The Balaban J connectivity index is 2.63. The summed E-state index contributed by atoms with van der Waals surface area (Å²) in [6.07, 6.45) is 0. The molecule has 0 aliphatic rings. The number of halogens is 3. The van der Waals surface area contributed by atoms with Gasteiger partial charge >= 0.3 is 0 Å². The fraction of sp³-hybridized carbons (Fsp3) is 0.412. The number of benzene rings is 1. The lowest BCUT2D eigenvalue weighted by atomic mass is 9.97. The molecule has 0 aliphatic heterocycles. The molecule has 138 valence electrons. The summed E-state index contributed by atoms with van der Waals surface area (Å²) in [5.41, 5.74) is 2.13. The Morgan fingerprint density at radius 1 is 1.44 bits per heavy atom. The van der Waals surface area contributed by atoms with Gasteiger partial charge in [0.2, 0.25) is 0 Å². The van der Waals surface area contributed by atoms with Gasteiger partial charge in [-0.2, -0.15) is 0 Å². The van der Waals surface area contributed by atoms with Gasteiger partial charge in [-0.1, -0.05) is 23.7 Å². The molecular formula is C17H20BrClFNO2S2. The molecule has 3 nitrogen and oxygen atoms in total. The maximum atomic E-state index is 14.1. The molecule has 0 aliphatic carbocycles. The second kappa shape index (κ2) is 8.25. The number of aliphatic hydroxyl groups is 1. The lowest BCUT2D eigenvalue weighted by molar-refractivity contribution is 0.284. The topological polar surface area (TPSA) is 55.3 Å². The number of nitrogens with one attached hydrogen (secondary N) is 1. The molecule has 2 rings (SSSR count). The predicted molar refractivity (Wildman–Crippen MR) is 107 cm³/mol. The van der Waals surface area contributed by atoms with E-state index in [4.69, 9.17) is 11.6 Å². The first-order valence-electron chi connectivity index (χ1n) is 7.58. The zero-order valence-electron chi connectivity index (χ0n) is 14.3. The first-order valence-corrected chi connectivity index (χ1v) is 10.7. The van der Waals surface area contributed by atoms with Gasteiger partial charge in [0, 0.05) is 16.2 Å². The van der Waals surface area contributed by atoms with Gasteiger partial charge in [0.25, 0.3) is 0 Å². The molecule has 1 aromatic carbocycles. The Labute approximate surface area is 168 Å². The third kappa shape index (κ3) is 4.58. The molecule has 0 saturated heterocycles. The fourth-order valence-corrected chi connectivity index (χ4v) is 4.97. The molecule has 0 saturated carbocycles. The van der Waals surface area contributed by atoms with Crippen LogP contribution in [-0.4, -0.2) is 14.4 Å². The van der Waals surface area contributed by atoms with E-state index < -0.39 is 28.0 Å². The van der Waals surface area contributed by atoms with Crippen molar-refractivity contribution in [1.29, 1.82) is 0 Å². The van der Waals surface area contributed by atoms with Crippen molar-refractivity contribution in [1.82, 2.24) is 4.72 Å². The highest BCUT2D eigenvalue weighted by molar-refractivity contribution is 9.10. The van der Waals surface area contributed by atoms with E-state index >= 15 is 0 Å². The van der Waals surface area contributed by atoms with Crippen LogP contribution in [0.2, 0.25) is 4.34 Å². The van der Waals surface area contributed by atoms with Crippen molar-refractivity contribution in [3.8, 4) is 0 Å². The van der Waals surface area contributed by atoms with Gasteiger partial charge in [-0.25, -0.2) is 4.39 Å². The average Bonchev–Trinajstić information content (AvgIpc) is 2.82. The summed E-state index contributed by atoms with van der Waals surface area (Å²) in [6, 6.07) is 4.14. The average molecular weight is 469 g/mol. The summed E-state index contributed by atoms with van der Waals surface area (Å²) in [5.74, 6) is -0.407. The molecule has 0 bridgehead atoms. The number of hydrogen-bond donors (Lipinski definition) is 2. The minimum absolute atomic E-state index is 0.194. The highest BCUT2D eigenvalue weighted by atomic mass is 79.9. The largest absolute Gasteiger partial charge is 0.598 e. The van der Waals surface area contributed by atoms with E-state index in [1.807, 2.05) is 27.7 Å². The normalized spacial score (nSPS) is 14.6. The van der Waals surface area contributed by atoms with Crippen molar-refractivity contribution >= 4 is 50.2 Å². The highest BCUT2D eigenvalue weighted by Gasteiger charge is 2.34. The number of thiophene rings is 1. The monoisotopic (exact) mass is 467 g/mol. The van der Waals surface area contributed by atoms with Crippen LogP contribution in [0.25, 0.3) is 0 Å². The molecule has 0 spiro atoms. The molecule has 25 heavy (non-hydrogen) atoms. The van der Waals surface area contributed by atoms with Gasteiger partial charge in [-0.3, -0.25) is 0 Å². The standard InChI is InChI=1S/C17H20BrClFNO2S2/c1-9-13(12(8-22)24-16(9)19)15(21-25(23)17(2,3)4)10-6-5-7-11(20)14(10)18/h5-7,15,21-22H,8H2,1-4H3. The molecule has 2 unspecified atom stereocenters. The van der Waals surface area contributed by atoms with E-state index in [1.54, 1.807) is 12.1 Å². The van der Waals surface area contributed by atoms with E-state index in [1.165, 1.54) is 17.4 Å². The minimum Gasteiger partial charge on any atom is -0.598 e. The van der Waals surface area contributed by atoms with E-state index in [0.29, 0.717) is 19.2 Å². The van der Waals surface area contributed by atoms with Gasteiger partial charge in [-0.15, -0.1) is 16.1 Å². The van der Waals surface area contributed by atoms with E-state index in [0.717, 1.165) is 11.1 Å². The SMILES string of the molecule is Cc1c(Cl)sc(CO)c1C(N[S+]([O-])C(C)(C)C)c1cccc(F)c1Br. The molecule has 1 heterocycles. The minimum atomic E-state index is -1.41. The van der Waals surface area contributed by atoms with E-state index in [2.05, 4.69) is 20.7 Å². The quantitative estimate of drug-likeness (QED) is 0.590. The summed E-state index contributed by atoms with van der Waals surface area (Å²) >= 11 is 9.42. The fourth-order valence-electron chi connectivity index (χ4n) is 2.35. The van der Waals surface area contributed by atoms with Gasteiger partial charge in [0.15, 0.2) is 0 Å². The smallest absolute Gasteiger partial charge is 0.137 e. The Bertz CT molecular complexity index is 764. The third-order valence-corrected chi connectivity index (χ3v) is 7.71. The summed E-state index contributed by atoms with van der Waals surface area (Å²) in [7, 11) is 0. The van der Waals surface area contributed by atoms with Gasteiger partial charge in [0.05, 0.1) is 15.4 Å². The number of rotatable bonds is 5. The summed E-state index contributed by atoms with van der Waals surface area (Å²) in [6.45, 7) is 7.21. The predicted octanol–water partition coefficient (Wildman–Crippen LogP) is 5.25. The van der Waals surface area contributed by atoms with Crippen LogP contribution in [0, 0.1) is 12.7 Å². The molecule has 2 atom stereocenters. The van der Waals surface area contributed by atoms with Crippen LogP contribution in [0.1, 0.15) is 48.4 Å². The third-order valence-electron chi connectivity index (χ3n) is 3.72. The number of aliphatic hydroxyl groups excluding tert-OH is 1. The molecule has 2 N–H and O–H groups in total.